The Morgan fingerprint density at radius 2 is 1.70 bits per heavy atom. The van der Waals surface area contributed by atoms with E-state index in [-0.39, 0.29) is 23.7 Å². The van der Waals surface area contributed by atoms with E-state index in [0.717, 1.165) is 60.7 Å². The summed E-state index contributed by atoms with van der Waals surface area (Å²) >= 11 is 0. The zero-order chi connectivity index (χ0) is 20.7. The van der Waals surface area contributed by atoms with Crippen LogP contribution in [0.1, 0.15) is 53.9 Å². The highest BCUT2D eigenvalue weighted by Crippen LogP contribution is 2.15. The summed E-state index contributed by atoms with van der Waals surface area (Å²) in [7, 11) is 0.863. The second-order valence-corrected chi connectivity index (χ2v) is 8.08. The lowest BCUT2D eigenvalue weighted by molar-refractivity contribution is -0.124. The molecule has 1 aliphatic heterocycles. The average Bonchev–Trinajstić information content (AvgIpc) is 2.68. The van der Waals surface area contributed by atoms with E-state index in [1.54, 1.807) is 0 Å². The lowest BCUT2D eigenvalue weighted by atomic mass is 9.97. The van der Waals surface area contributed by atoms with Crippen molar-refractivity contribution >= 4 is 20.4 Å². The van der Waals surface area contributed by atoms with Gasteiger partial charge in [-0.15, -0.1) is 0 Å². The fourth-order valence-electron chi connectivity index (χ4n) is 3.08. The first-order valence-corrected chi connectivity index (χ1v) is 12.1. The molecular weight excluding hydrogens is 359 g/mol. The van der Waals surface area contributed by atoms with Crippen molar-refractivity contribution in [3.63, 3.8) is 0 Å². The number of nitrogens with one attached hydrogen (secondary N) is 2. The van der Waals surface area contributed by atoms with Gasteiger partial charge in [0.15, 0.2) is 5.78 Å². The summed E-state index contributed by atoms with van der Waals surface area (Å²) in [5.41, 5.74) is 0. The largest absolute Gasteiger partial charge is 0.355 e. The summed E-state index contributed by atoms with van der Waals surface area (Å²) in [4.78, 5) is 26.4. The molecule has 160 valence electrons. The molecule has 0 spiro atoms. The first-order valence-electron chi connectivity index (χ1n) is 10.7. The first-order chi connectivity index (χ1) is 13.0. The Bertz CT molecular complexity index is 399. The van der Waals surface area contributed by atoms with Crippen molar-refractivity contribution in [3.8, 4) is 0 Å². The van der Waals surface area contributed by atoms with Gasteiger partial charge >= 0.3 is 0 Å². The molecule has 1 heterocycles. The molecule has 1 fully saturated rings. The number of likely N-dealkylation sites (N-methyl/N-ethyl adjacent to an activating group) is 1. The number of unbranched alkanes of at least 4 members (excludes halogenated alkanes) is 1. The normalized spacial score (nSPS) is 17.0. The Hall–Kier alpha value is -0.550. The van der Waals surface area contributed by atoms with E-state index in [1.165, 1.54) is 0 Å². The maximum absolute atomic E-state index is 12.1. The molecule has 1 aliphatic rings. The Morgan fingerprint density at radius 1 is 1.07 bits per heavy atom. The van der Waals surface area contributed by atoms with Gasteiger partial charge in [-0.2, -0.15) is 0 Å². The first kappa shape index (κ1) is 26.4. The molecule has 6 nitrogen and oxygen atoms in total. The highest BCUT2D eigenvalue weighted by Gasteiger charge is 2.20. The van der Waals surface area contributed by atoms with Crippen LogP contribution in [0.15, 0.2) is 0 Å². The van der Waals surface area contributed by atoms with Crippen LogP contribution in [0.4, 0.5) is 0 Å². The molecule has 2 N–H and O–H groups in total. The fraction of sp³-hybridized carbons (Fsp3) is 0.900. The summed E-state index contributed by atoms with van der Waals surface area (Å²) in [6.07, 6.45) is 2.72. The van der Waals surface area contributed by atoms with E-state index >= 15 is 0 Å². The third-order valence-electron chi connectivity index (χ3n) is 4.66. The predicted molar refractivity (Wildman–Crippen MR) is 118 cm³/mol. The van der Waals surface area contributed by atoms with Gasteiger partial charge in [0.05, 0.1) is 12.6 Å². The number of carbonyl (C=O) groups is 2. The van der Waals surface area contributed by atoms with Gasteiger partial charge in [0.1, 0.15) is 0 Å². The van der Waals surface area contributed by atoms with Gasteiger partial charge in [0.25, 0.3) is 0 Å². The van der Waals surface area contributed by atoms with Crippen LogP contribution >= 0.6 is 8.73 Å². The zero-order valence-corrected chi connectivity index (χ0v) is 19.4. The van der Waals surface area contributed by atoms with E-state index in [4.69, 9.17) is 0 Å². The van der Waals surface area contributed by atoms with E-state index in [2.05, 4.69) is 26.9 Å². The van der Waals surface area contributed by atoms with E-state index in [0.29, 0.717) is 13.1 Å². The zero-order valence-electron chi connectivity index (χ0n) is 18.4. The minimum atomic E-state index is -0.0451. The summed E-state index contributed by atoms with van der Waals surface area (Å²) < 4.78 is 2.44. The number of ketones is 1. The SMILES string of the molecule is CC.CCNC(CCCCNC(=O)CN1CCN(PC)CC1)C(=O)C(C)C. The second kappa shape index (κ2) is 16.4. The monoisotopic (exact) mass is 402 g/mol. The van der Waals surface area contributed by atoms with Crippen molar-refractivity contribution in [2.75, 3.05) is 52.5 Å². The van der Waals surface area contributed by atoms with Crippen molar-refractivity contribution in [1.82, 2.24) is 20.2 Å². The molecule has 7 heteroatoms. The van der Waals surface area contributed by atoms with Crippen LogP contribution in [0.25, 0.3) is 0 Å². The summed E-state index contributed by atoms with van der Waals surface area (Å²) in [5, 5.41) is 6.29. The smallest absolute Gasteiger partial charge is 0.234 e. The minimum absolute atomic E-state index is 0.0451. The Morgan fingerprint density at radius 3 is 2.22 bits per heavy atom. The number of rotatable bonds is 12. The molecule has 0 aromatic rings. The lowest BCUT2D eigenvalue weighted by Gasteiger charge is -2.33. The number of piperazine rings is 1. The van der Waals surface area contributed by atoms with Crippen LogP contribution in [-0.2, 0) is 9.59 Å². The van der Waals surface area contributed by atoms with E-state index in [9.17, 15) is 9.59 Å². The molecule has 0 radical (unpaired) electrons. The van der Waals surface area contributed by atoms with Crippen molar-refractivity contribution in [2.45, 2.75) is 59.9 Å². The van der Waals surface area contributed by atoms with Gasteiger partial charge in [0.2, 0.25) is 5.91 Å². The van der Waals surface area contributed by atoms with Crippen LogP contribution in [-0.4, -0.2) is 79.8 Å². The summed E-state index contributed by atoms with van der Waals surface area (Å²) in [6, 6.07) is -0.0451. The van der Waals surface area contributed by atoms with Gasteiger partial charge in [-0.05, 0) is 32.5 Å². The number of amides is 1. The van der Waals surface area contributed by atoms with Gasteiger partial charge in [-0.25, -0.2) is 0 Å². The van der Waals surface area contributed by atoms with Crippen LogP contribution in [0.5, 0.6) is 0 Å². The Labute approximate surface area is 169 Å². The van der Waals surface area contributed by atoms with Gasteiger partial charge < -0.3 is 10.6 Å². The highest BCUT2D eigenvalue weighted by molar-refractivity contribution is 7.34. The molecule has 2 atom stereocenters. The Balaban J connectivity index is 0.00000326. The van der Waals surface area contributed by atoms with Crippen molar-refractivity contribution < 1.29 is 9.59 Å². The molecule has 0 aliphatic carbocycles. The fourth-order valence-corrected chi connectivity index (χ4v) is 3.73. The number of hydrogen-bond donors (Lipinski definition) is 2. The lowest BCUT2D eigenvalue weighted by Crippen LogP contribution is -2.47. The number of carbonyl (C=O) groups excluding carboxylic acids is 2. The molecular formula is C20H43N4O2P. The third-order valence-corrected chi connectivity index (χ3v) is 5.74. The van der Waals surface area contributed by atoms with Crippen LogP contribution in [0.2, 0.25) is 0 Å². The molecule has 1 rings (SSSR count). The number of Topliss-reactive ketones (excluding diaryl/α,β-unsaturated/α-hetero) is 1. The van der Waals surface area contributed by atoms with Gasteiger partial charge in [0, 0.05) is 38.6 Å². The summed E-state index contributed by atoms with van der Waals surface area (Å²) in [5.74, 6) is 0.476. The molecule has 27 heavy (non-hydrogen) atoms. The number of nitrogens with zero attached hydrogens (tertiary/aromatic N) is 2. The van der Waals surface area contributed by atoms with E-state index in [1.807, 2.05) is 34.6 Å². The topological polar surface area (TPSA) is 64.7 Å². The van der Waals surface area contributed by atoms with Crippen LogP contribution in [0, 0.1) is 5.92 Å². The molecule has 0 saturated carbocycles. The third kappa shape index (κ3) is 11.8. The van der Waals surface area contributed by atoms with E-state index < -0.39 is 0 Å². The highest BCUT2D eigenvalue weighted by atomic mass is 31.1. The van der Waals surface area contributed by atoms with Crippen molar-refractivity contribution in [2.24, 2.45) is 5.92 Å². The standard InChI is InChI=1S/C18H37N4O2P.C2H6/c1-5-19-16(18(24)15(2)3)8-6-7-9-20-17(23)14-21-10-12-22(25-4)13-11-21;1-2/h15-16,19,25H,5-14H2,1-4H3,(H,20,23);1-2H3. The molecule has 1 saturated heterocycles. The second-order valence-electron chi connectivity index (χ2n) is 7.00. The Kier molecular flexibility index (Phi) is 16.1. The molecule has 0 aromatic heterocycles. The van der Waals surface area contributed by atoms with Crippen LogP contribution < -0.4 is 10.6 Å². The quantitative estimate of drug-likeness (QED) is 0.388. The summed E-state index contributed by atoms with van der Waals surface area (Å²) in [6.45, 7) is 18.3. The average molecular weight is 403 g/mol. The predicted octanol–water partition coefficient (Wildman–Crippen LogP) is 2.34. The van der Waals surface area contributed by atoms with Gasteiger partial charge in [-0.3, -0.25) is 19.2 Å². The maximum atomic E-state index is 12.1. The molecule has 0 bridgehead atoms. The minimum Gasteiger partial charge on any atom is -0.355 e. The van der Waals surface area contributed by atoms with Crippen molar-refractivity contribution in [3.05, 3.63) is 0 Å². The molecule has 2 unspecified atom stereocenters. The van der Waals surface area contributed by atoms with Crippen LogP contribution in [0.3, 0.4) is 0 Å². The maximum Gasteiger partial charge on any atom is 0.234 e. The molecule has 0 aromatic carbocycles. The molecule has 1 amide bonds. The number of hydrogen-bond acceptors (Lipinski definition) is 5. The van der Waals surface area contributed by atoms with Crippen molar-refractivity contribution in [1.29, 1.82) is 0 Å². The van der Waals surface area contributed by atoms with Gasteiger partial charge in [-0.1, -0.05) is 43.4 Å².